The Bertz CT molecular complexity index is 73.3. The minimum absolute atomic E-state index is 0.710. The van der Waals surface area contributed by atoms with Gasteiger partial charge in [0.25, 0.3) is 0 Å². The van der Waals surface area contributed by atoms with E-state index in [9.17, 15) is 0 Å². The van der Waals surface area contributed by atoms with Gasteiger partial charge in [-0.3, -0.25) is 0 Å². The second-order valence-corrected chi connectivity index (χ2v) is 2.03. The molecule has 0 saturated carbocycles. The first-order valence-corrected chi connectivity index (χ1v) is 3.64. The van der Waals surface area contributed by atoms with Crippen LogP contribution in [0.15, 0.2) is 12.7 Å². The normalized spacial score (nSPS) is 9.70. The Morgan fingerprint density at radius 3 is 2.50 bits per heavy atom. The zero-order chi connectivity index (χ0) is 7.66. The molecule has 0 fully saturated rings. The first kappa shape index (κ1) is 9.62. The molecule has 0 radical (unpaired) electrons. The third-order valence-corrected chi connectivity index (χ3v) is 1.09. The van der Waals surface area contributed by atoms with Crippen molar-refractivity contribution in [2.75, 3.05) is 32.7 Å². The first-order chi connectivity index (χ1) is 4.91. The molecule has 10 heavy (non-hydrogen) atoms. The van der Waals surface area contributed by atoms with Crippen LogP contribution in [0.1, 0.15) is 0 Å². The molecule has 0 rings (SSSR count). The smallest absolute Gasteiger partial charge is 0.0132 e. The average Bonchev–Trinajstić information content (AvgIpc) is 1.97. The number of rotatable bonds is 7. The monoisotopic (exact) mass is 143 g/mol. The molecular weight excluding hydrogens is 126 g/mol. The molecule has 0 spiro atoms. The van der Waals surface area contributed by atoms with Crippen LogP contribution in [0.2, 0.25) is 0 Å². The lowest BCUT2D eigenvalue weighted by Crippen LogP contribution is -2.30. The van der Waals surface area contributed by atoms with Crippen molar-refractivity contribution >= 4 is 0 Å². The van der Waals surface area contributed by atoms with Crippen LogP contribution >= 0.6 is 0 Å². The minimum atomic E-state index is 0.710. The van der Waals surface area contributed by atoms with E-state index in [1.54, 1.807) is 0 Å². The summed E-state index contributed by atoms with van der Waals surface area (Å²) in [5.41, 5.74) is 5.27. The van der Waals surface area contributed by atoms with Crippen molar-refractivity contribution in [2.24, 2.45) is 5.73 Å². The van der Waals surface area contributed by atoms with Gasteiger partial charge in [0.2, 0.25) is 0 Å². The molecule has 60 valence electrons. The minimum Gasteiger partial charge on any atom is -0.329 e. The van der Waals surface area contributed by atoms with E-state index in [1.165, 1.54) is 0 Å². The molecule has 0 aromatic heterocycles. The Morgan fingerprint density at radius 1 is 1.20 bits per heavy atom. The van der Waals surface area contributed by atoms with Gasteiger partial charge in [0.05, 0.1) is 0 Å². The lowest BCUT2D eigenvalue weighted by molar-refractivity contribution is 0.639. The Labute approximate surface area is 62.7 Å². The van der Waals surface area contributed by atoms with Gasteiger partial charge in [0.15, 0.2) is 0 Å². The molecule has 0 atom stereocenters. The van der Waals surface area contributed by atoms with E-state index in [-0.39, 0.29) is 0 Å². The molecule has 0 aromatic carbocycles. The lowest BCUT2D eigenvalue weighted by Gasteiger charge is -2.02. The number of nitrogens with two attached hydrogens (primary N) is 1. The second kappa shape index (κ2) is 8.62. The summed E-state index contributed by atoms with van der Waals surface area (Å²) < 4.78 is 0. The third-order valence-electron chi connectivity index (χ3n) is 1.09. The highest BCUT2D eigenvalue weighted by Crippen LogP contribution is 1.60. The van der Waals surface area contributed by atoms with E-state index in [1.807, 2.05) is 6.08 Å². The molecule has 0 heterocycles. The van der Waals surface area contributed by atoms with Crippen molar-refractivity contribution in [3.8, 4) is 0 Å². The summed E-state index contributed by atoms with van der Waals surface area (Å²) in [6.07, 6.45) is 1.85. The Morgan fingerprint density at radius 2 is 1.90 bits per heavy atom. The summed E-state index contributed by atoms with van der Waals surface area (Å²) >= 11 is 0. The standard InChI is InChI=1S/C7H17N3/c1-2-4-9-6-7-10-5-3-8/h2,9-10H,1,3-8H2. The quantitative estimate of drug-likeness (QED) is 0.326. The van der Waals surface area contributed by atoms with Crippen LogP contribution in [-0.4, -0.2) is 32.7 Å². The highest BCUT2D eigenvalue weighted by molar-refractivity contribution is 4.69. The number of hydrogen-bond acceptors (Lipinski definition) is 3. The Hall–Kier alpha value is -0.380. The topological polar surface area (TPSA) is 50.1 Å². The van der Waals surface area contributed by atoms with Crippen molar-refractivity contribution in [1.29, 1.82) is 0 Å². The van der Waals surface area contributed by atoms with E-state index in [2.05, 4.69) is 17.2 Å². The second-order valence-electron chi connectivity index (χ2n) is 2.03. The van der Waals surface area contributed by atoms with Crippen LogP contribution in [0.5, 0.6) is 0 Å². The summed E-state index contributed by atoms with van der Waals surface area (Å²) in [5.74, 6) is 0. The molecule has 0 aliphatic heterocycles. The molecule has 0 aliphatic carbocycles. The summed E-state index contributed by atoms with van der Waals surface area (Å²) in [4.78, 5) is 0. The molecule has 3 heteroatoms. The summed E-state index contributed by atoms with van der Waals surface area (Å²) in [5, 5.41) is 6.34. The van der Waals surface area contributed by atoms with E-state index in [0.717, 1.165) is 26.2 Å². The van der Waals surface area contributed by atoms with Crippen molar-refractivity contribution in [2.45, 2.75) is 0 Å². The fourth-order valence-corrected chi connectivity index (χ4v) is 0.608. The van der Waals surface area contributed by atoms with Gasteiger partial charge in [-0.2, -0.15) is 0 Å². The molecular formula is C7H17N3. The molecule has 4 N–H and O–H groups in total. The van der Waals surface area contributed by atoms with E-state index in [4.69, 9.17) is 5.73 Å². The van der Waals surface area contributed by atoms with Crippen LogP contribution in [0.3, 0.4) is 0 Å². The van der Waals surface area contributed by atoms with Crippen molar-refractivity contribution in [1.82, 2.24) is 10.6 Å². The van der Waals surface area contributed by atoms with Gasteiger partial charge in [-0.15, -0.1) is 6.58 Å². The summed E-state index contributed by atoms with van der Waals surface area (Å²) in [7, 11) is 0. The first-order valence-electron chi connectivity index (χ1n) is 3.64. The van der Waals surface area contributed by atoms with Gasteiger partial charge in [-0.25, -0.2) is 0 Å². The van der Waals surface area contributed by atoms with Gasteiger partial charge >= 0.3 is 0 Å². The maximum absolute atomic E-state index is 5.27. The van der Waals surface area contributed by atoms with Crippen molar-refractivity contribution < 1.29 is 0 Å². The Kier molecular flexibility index (Phi) is 8.29. The lowest BCUT2D eigenvalue weighted by atomic mass is 10.5. The van der Waals surface area contributed by atoms with E-state index in [0.29, 0.717) is 6.54 Å². The highest BCUT2D eigenvalue weighted by Gasteiger charge is 1.82. The molecule has 0 aromatic rings. The van der Waals surface area contributed by atoms with Crippen LogP contribution in [0, 0.1) is 0 Å². The summed E-state index contributed by atoms with van der Waals surface area (Å²) in [6, 6.07) is 0. The van der Waals surface area contributed by atoms with E-state index >= 15 is 0 Å². The number of nitrogens with one attached hydrogen (secondary N) is 2. The molecule has 0 unspecified atom stereocenters. The largest absolute Gasteiger partial charge is 0.329 e. The molecule has 0 bridgehead atoms. The molecule has 3 nitrogen and oxygen atoms in total. The predicted octanol–water partition coefficient (Wildman–Crippen LogP) is -0.690. The fraction of sp³-hybridized carbons (Fsp3) is 0.714. The predicted molar refractivity (Wildman–Crippen MR) is 45.0 cm³/mol. The van der Waals surface area contributed by atoms with Gasteiger partial charge in [0, 0.05) is 32.7 Å². The van der Waals surface area contributed by atoms with Crippen LogP contribution in [0.4, 0.5) is 0 Å². The van der Waals surface area contributed by atoms with Gasteiger partial charge in [0.1, 0.15) is 0 Å². The zero-order valence-corrected chi connectivity index (χ0v) is 6.40. The van der Waals surface area contributed by atoms with Gasteiger partial charge < -0.3 is 16.4 Å². The fourth-order valence-electron chi connectivity index (χ4n) is 0.608. The van der Waals surface area contributed by atoms with Crippen molar-refractivity contribution in [3.63, 3.8) is 0 Å². The molecule has 0 amide bonds. The molecule has 0 aliphatic rings. The summed E-state index contributed by atoms with van der Waals surface area (Å²) in [6.45, 7) is 8.03. The number of hydrogen-bond donors (Lipinski definition) is 3. The van der Waals surface area contributed by atoms with Crippen LogP contribution in [0.25, 0.3) is 0 Å². The molecule has 0 saturated heterocycles. The van der Waals surface area contributed by atoms with Gasteiger partial charge in [-0.05, 0) is 0 Å². The highest BCUT2D eigenvalue weighted by atomic mass is 14.9. The van der Waals surface area contributed by atoms with Crippen LogP contribution < -0.4 is 16.4 Å². The maximum atomic E-state index is 5.27. The van der Waals surface area contributed by atoms with Crippen molar-refractivity contribution in [3.05, 3.63) is 12.7 Å². The average molecular weight is 143 g/mol. The van der Waals surface area contributed by atoms with E-state index < -0.39 is 0 Å². The Balaban J connectivity index is 2.70. The maximum Gasteiger partial charge on any atom is 0.0132 e. The van der Waals surface area contributed by atoms with Gasteiger partial charge in [-0.1, -0.05) is 6.08 Å². The van der Waals surface area contributed by atoms with Crippen LogP contribution in [-0.2, 0) is 0 Å². The third kappa shape index (κ3) is 7.62. The zero-order valence-electron chi connectivity index (χ0n) is 6.40. The SMILES string of the molecule is C=CCNCCNCCN.